The highest BCUT2D eigenvalue weighted by atomic mass is 16.5. The number of benzene rings is 2. The third-order valence-electron chi connectivity index (χ3n) is 4.73. The summed E-state index contributed by atoms with van der Waals surface area (Å²) in [4.78, 5) is 4.59. The molecule has 1 heterocycles. The maximum absolute atomic E-state index is 5.93. The van der Waals surface area contributed by atoms with E-state index in [0.29, 0.717) is 25.7 Å². The third-order valence-corrected chi connectivity index (χ3v) is 4.73. The van der Waals surface area contributed by atoms with E-state index >= 15 is 0 Å². The van der Waals surface area contributed by atoms with Crippen LogP contribution in [0.5, 0.6) is 5.75 Å². The maximum Gasteiger partial charge on any atom is 0.226 e. The molecule has 1 atom stereocenters. The molecule has 3 aromatic rings. The van der Waals surface area contributed by atoms with E-state index < -0.39 is 0 Å². The summed E-state index contributed by atoms with van der Waals surface area (Å²) < 4.78 is 23.2. The summed E-state index contributed by atoms with van der Waals surface area (Å²) in [6.07, 6.45) is 1.91. The monoisotopic (exact) mass is 409 g/mol. The molecule has 0 spiro atoms. The molecule has 5 nitrogen and oxygen atoms in total. The van der Waals surface area contributed by atoms with Gasteiger partial charge in [-0.2, -0.15) is 0 Å². The van der Waals surface area contributed by atoms with Crippen LogP contribution >= 0.6 is 0 Å². The normalized spacial score (nSPS) is 12.1. The first kappa shape index (κ1) is 22.1. The summed E-state index contributed by atoms with van der Waals surface area (Å²) in [6, 6.07) is 18.0. The first-order chi connectivity index (χ1) is 14.7. The first-order valence-corrected chi connectivity index (χ1v) is 10.6. The number of aryl methyl sites for hydroxylation is 1. The van der Waals surface area contributed by atoms with Crippen molar-refractivity contribution >= 4 is 0 Å². The molecule has 30 heavy (non-hydrogen) atoms. The minimum Gasteiger partial charge on any atom is -0.487 e. The van der Waals surface area contributed by atoms with E-state index in [9.17, 15) is 0 Å². The zero-order chi connectivity index (χ0) is 21.2. The Bertz CT molecular complexity index is 874. The van der Waals surface area contributed by atoms with Crippen molar-refractivity contribution in [2.45, 2.75) is 46.3 Å². The lowest BCUT2D eigenvalue weighted by atomic mass is 10.1. The quantitative estimate of drug-likeness (QED) is 0.364. The van der Waals surface area contributed by atoms with Crippen molar-refractivity contribution in [3.63, 3.8) is 0 Å². The van der Waals surface area contributed by atoms with Crippen molar-refractivity contribution in [2.24, 2.45) is 0 Å². The van der Waals surface area contributed by atoms with Gasteiger partial charge >= 0.3 is 0 Å². The number of rotatable bonds is 12. The molecule has 0 saturated heterocycles. The predicted octanol–water partition coefficient (Wildman–Crippen LogP) is 5.60. The van der Waals surface area contributed by atoms with Gasteiger partial charge in [-0.25, -0.2) is 4.98 Å². The molecule has 0 saturated carbocycles. The second-order valence-electron chi connectivity index (χ2n) is 7.18. The molecule has 0 radical (unpaired) electrons. The lowest BCUT2D eigenvalue weighted by Gasteiger charge is -2.17. The number of aromatic nitrogens is 1. The Morgan fingerprint density at radius 3 is 2.47 bits per heavy atom. The van der Waals surface area contributed by atoms with Crippen molar-refractivity contribution in [3.8, 4) is 17.2 Å². The van der Waals surface area contributed by atoms with Gasteiger partial charge in [-0.3, -0.25) is 0 Å². The summed E-state index contributed by atoms with van der Waals surface area (Å²) >= 11 is 0. The van der Waals surface area contributed by atoms with Crippen molar-refractivity contribution in [3.05, 3.63) is 71.6 Å². The number of hydrogen-bond donors (Lipinski definition) is 0. The van der Waals surface area contributed by atoms with Gasteiger partial charge in [-0.15, -0.1) is 0 Å². The van der Waals surface area contributed by atoms with Gasteiger partial charge in [-0.05, 0) is 50.1 Å². The van der Waals surface area contributed by atoms with Crippen molar-refractivity contribution in [2.75, 3.05) is 19.8 Å². The zero-order valence-corrected chi connectivity index (χ0v) is 18.1. The average Bonchev–Trinajstić information content (AvgIpc) is 3.15. The summed E-state index contributed by atoms with van der Waals surface area (Å²) in [6.45, 7) is 8.47. The number of nitrogens with zero attached hydrogens (tertiary/aromatic N) is 1. The molecule has 0 N–H and O–H groups in total. The van der Waals surface area contributed by atoms with Crippen LogP contribution in [0, 0.1) is 6.92 Å². The Hall–Kier alpha value is -2.63. The molecule has 2 aromatic carbocycles. The molecule has 0 fully saturated rings. The SMILES string of the molecule is CCCOC[C@H](Cc1ccc(OCc2nc(-c3ccccc3)oc2C)cc1)OCC. The van der Waals surface area contributed by atoms with Gasteiger partial charge in [0.25, 0.3) is 0 Å². The van der Waals surface area contributed by atoms with Crippen LogP contribution in [0.15, 0.2) is 59.0 Å². The smallest absolute Gasteiger partial charge is 0.226 e. The Morgan fingerprint density at radius 1 is 1.00 bits per heavy atom. The van der Waals surface area contributed by atoms with Crippen molar-refractivity contribution < 1.29 is 18.6 Å². The fourth-order valence-electron chi connectivity index (χ4n) is 3.16. The van der Waals surface area contributed by atoms with Gasteiger partial charge in [0.1, 0.15) is 23.8 Å². The lowest BCUT2D eigenvalue weighted by molar-refractivity contribution is -0.0108. The average molecular weight is 410 g/mol. The van der Waals surface area contributed by atoms with Gasteiger partial charge in [-0.1, -0.05) is 37.3 Å². The fourth-order valence-corrected chi connectivity index (χ4v) is 3.16. The van der Waals surface area contributed by atoms with E-state index in [1.165, 1.54) is 5.56 Å². The van der Waals surface area contributed by atoms with Crippen LogP contribution < -0.4 is 4.74 Å². The van der Waals surface area contributed by atoms with Crippen LogP contribution in [-0.2, 0) is 22.5 Å². The maximum atomic E-state index is 5.93. The summed E-state index contributed by atoms with van der Waals surface area (Å²) in [5, 5.41) is 0. The van der Waals surface area contributed by atoms with Crippen molar-refractivity contribution in [1.82, 2.24) is 4.98 Å². The van der Waals surface area contributed by atoms with Crippen LogP contribution in [0.4, 0.5) is 0 Å². The standard InChI is InChI=1S/C25H31NO4/c1-4-15-27-17-23(28-5-2)16-20-11-13-22(14-12-20)29-18-24-19(3)30-25(26-24)21-9-7-6-8-10-21/h6-14,23H,4-5,15-18H2,1-3H3/t23-/m0/s1. The molecular weight excluding hydrogens is 378 g/mol. The van der Waals surface area contributed by atoms with Gasteiger partial charge in [0, 0.05) is 25.2 Å². The van der Waals surface area contributed by atoms with E-state index in [-0.39, 0.29) is 6.10 Å². The Labute approximate surface area is 179 Å². The molecule has 3 rings (SSSR count). The molecule has 0 aliphatic heterocycles. The minimum absolute atomic E-state index is 0.0718. The molecule has 0 unspecified atom stereocenters. The number of hydrogen-bond acceptors (Lipinski definition) is 5. The number of ether oxygens (including phenoxy) is 3. The van der Waals surface area contributed by atoms with E-state index in [0.717, 1.165) is 42.2 Å². The van der Waals surface area contributed by atoms with Crippen LogP contribution in [-0.4, -0.2) is 30.9 Å². The Kier molecular flexibility index (Phi) is 8.48. The van der Waals surface area contributed by atoms with Gasteiger partial charge in [0.2, 0.25) is 5.89 Å². The molecule has 160 valence electrons. The highest BCUT2D eigenvalue weighted by molar-refractivity contribution is 5.53. The van der Waals surface area contributed by atoms with E-state index in [1.807, 2.05) is 56.3 Å². The highest BCUT2D eigenvalue weighted by Crippen LogP contribution is 2.23. The summed E-state index contributed by atoms with van der Waals surface area (Å²) in [5.41, 5.74) is 2.97. The largest absolute Gasteiger partial charge is 0.487 e. The summed E-state index contributed by atoms with van der Waals surface area (Å²) in [7, 11) is 0. The Balaban J connectivity index is 1.55. The second kappa shape index (κ2) is 11.5. The lowest BCUT2D eigenvalue weighted by Crippen LogP contribution is -2.23. The van der Waals surface area contributed by atoms with E-state index in [1.54, 1.807) is 0 Å². The zero-order valence-electron chi connectivity index (χ0n) is 18.1. The van der Waals surface area contributed by atoms with Gasteiger partial charge in [0.05, 0.1) is 12.7 Å². The van der Waals surface area contributed by atoms with Crippen LogP contribution in [0.1, 0.15) is 37.3 Å². The van der Waals surface area contributed by atoms with Gasteiger partial charge < -0.3 is 18.6 Å². The molecular formula is C25H31NO4. The molecule has 5 heteroatoms. The first-order valence-electron chi connectivity index (χ1n) is 10.6. The van der Waals surface area contributed by atoms with Crippen LogP contribution in [0.25, 0.3) is 11.5 Å². The predicted molar refractivity (Wildman–Crippen MR) is 118 cm³/mol. The molecule has 0 aliphatic carbocycles. The molecule has 0 bridgehead atoms. The molecule has 0 amide bonds. The van der Waals surface area contributed by atoms with Crippen LogP contribution in [0.3, 0.4) is 0 Å². The van der Waals surface area contributed by atoms with E-state index in [4.69, 9.17) is 18.6 Å². The highest BCUT2D eigenvalue weighted by Gasteiger charge is 2.13. The van der Waals surface area contributed by atoms with Gasteiger partial charge in [0.15, 0.2) is 0 Å². The van der Waals surface area contributed by atoms with E-state index in [2.05, 4.69) is 24.0 Å². The van der Waals surface area contributed by atoms with Crippen molar-refractivity contribution in [1.29, 1.82) is 0 Å². The summed E-state index contributed by atoms with van der Waals surface area (Å²) in [5.74, 6) is 2.20. The fraction of sp³-hybridized carbons (Fsp3) is 0.400. The molecule has 0 aliphatic rings. The molecule has 1 aromatic heterocycles. The second-order valence-corrected chi connectivity index (χ2v) is 7.18. The minimum atomic E-state index is 0.0718. The number of oxazole rings is 1. The third kappa shape index (κ3) is 6.44. The topological polar surface area (TPSA) is 53.7 Å². The van der Waals surface area contributed by atoms with Crippen LogP contribution in [0.2, 0.25) is 0 Å². The Morgan fingerprint density at radius 2 is 1.77 bits per heavy atom.